The molecule has 0 aliphatic heterocycles. The van der Waals surface area contributed by atoms with Crippen LogP contribution in [0.5, 0.6) is 0 Å². The molecule has 2 rings (SSSR count). The highest BCUT2D eigenvalue weighted by molar-refractivity contribution is 7.73. The quantitative estimate of drug-likeness (QED) is 0.338. The highest BCUT2D eigenvalue weighted by atomic mass is 31.1. The van der Waals surface area contributed by atoms with Crippen molar-refractivity contribution in [3.63, 3.8) is 0 Å². The van der Waals surface area contributed by atoms with Gasteiger partial charge in [0, 0.05) is 0 Å². The Hall–Kier alpha value is -1.13. The first-order chi connectivity index (χ1) is 11.4. The van der Waals surface area contributed by atoms with E-state index < -0.39 is 0 Å². The topological polar surface area (TPSA) is 0 Å². The molecule has 0 nitrogen and oxygen atoms in total. The minimum absolute atomic E-state index is 0.181. The highest BCUT2D eigenvalue weighted by Crippen LogP contribution is 2.34. The van der Waals surface area contributed by atoms with Gasteiger partial charge in [-0.1, -0.05) is 113 Å². The van der Waals surface area contributed by atoms with Crippen molar-refractivity contribution in [2.45, 2.75) is 58.3 Å². The summed E-state index contributed by atoms with van der Waals surface area (Å²) in [5.41, 5.74) is 0. The van der Waals surface area contributed by atoms with E-state index in [0.29, 0.717) is 0 Å². The fourth-order valence-corrected chi connectivity index (χ4v) is 5.45. The summed E-state index contributed by atoms with van der Waals surface area (Å²) in [5.74, 6) is 0. The molecule has 0 amide bonds. The van der Waals surface area contributed by atoms with Crippen LogP contribution in [0, 0.1) is 0 Å². The zero-order chi connectivity index (χ0) is 16.2. The lowest BCUT2D eigenvalue weighted by atomic mass is 10.1. The summed E-state index contributed by atoms with van der Waals surface area (Å²) in [6, 6.07) is 22.2. The molecule has 0 aromatic heterocycles. The Labute approximate surface area is 144 Å². The lowest BCUT2D eigenvalue weighted by Crippen LogP contribution is -2.13. The summed E-state index contributed by atoms with van der Waals surface area (Å²) in [7, 11) is -0.181. The van der Waals surface area contributed by atoms with Gasteiger partial charge in [0.15, 0.2) is 0 Å². The molecule has 0 spiro atoms. The van der Waals surface area contributed by atoms with Gasteiger partial charge >= 0.3 is 0 Å². The van der Waals surface area contributed by atoms with Crippen molar-refractivity contribution in [1.29, 1.82) is 0 Å². The van der Waals surface area contributed by atoms with E-state index >= 15 is 0 Å². The molecule has 0 N–H and O–H groups in total. The van der Waals surface area contributed by atoms with Gasteiger partial charge in [-0.15, -0.1) is 0 Å². The normalized spacial score (nSPS) is 11.0. The summed E-state index contributed by atoms with van der Waals surface area (Å²) >= 11 is 0. The first-order valence-electron chi connectivity index (χ1n) is 9.29. The van der Waals surface area contributed by atoms with Crippen LogP contribution in [0.2, 0.25) is 0 Å². The van der Waals surface area contributed by atoms with Crippen molar-refractivity contribution >= 4 is 18.5 Å². The van der Waals surface area contributed by atoms with E-state index in [2.05, 4.69) is 67.6 Å². The van der Waals surface area contributed by atoms with Gasteiger partial charge in [-0.3, -0.25) is 0 Å². The van der Waals surface area contributed by atoms with Gasteiger partial charge < -0.3 is 0 Å². The summed E-state index contributed by atoms with van der Waals surface area (Å²) < 4.78 is 0. The predicted octanol–water partition coefficient (Wildman–Crippen LogP) is 6.26. The van der Waals surface area contributed by atoms with Crippen molar-refractivity contribution in [2.24, 2.45) is 0 Å². The van der Waals surface area contributed by atoms with E-state index in [1.807, 2.05) is 0 Å². The molecular formula is C22H31P. The zero-order valence-corrected chi connectivity index (χ0v) is 15.5. The van der Waals surface area contributed by atoms with Crippen LogP contribution in [0.15, 0.2) is 60.7 Å². The number of rotatable bonds is 11. The van der Waals surface area contributed by atoms with Crippen molar-refractivity contribution < 1.29 is 0 Å². The first-order valence-corrected chi connectivity index (χ1v) is 10.8. The maximum atomic E-state index is 2.31. The van der Waals surface area contributed by atoms with Crippen LogP contribution >= 0.6 is 7.92 Å². The fraction of sp³-hybridized carbons (Fsp3) is 0.455. The van der Waals surface area contributed by atoms with E-state index in [4.69, 9.17) is 0 Å². The second kappa shape index (κ2) is 11.4. The smallest absolute Gasteiger partial charge is 0.0195 e. The van der Waals surface area contributed by atoms with E-state index in [1.54, 1.807) is 0 Å². The van der Waals surface area contributed by atoms with Crippen molar-refractivity contribution in [1.82, 2.24) is 0 Å². The van der Waals surface area contributed by atoms with Crippen LogP contribution in [-0.2, 0) is 0 Å². The van der Waals surface area contributed by atoms with E-state index in [0.717, 1.165) is 0 Å². The number of unbranched alkanes of at least 4 members (excludes halogenated alkanes) is 7. The van der Waals surface area contributed by atoms with Crippen LogP contribution < -0.4 is 10.6 Å². The van der Waals surface area contributed by atoms with Crippen LogP contribution in [0.1, 0.15) is 58.3 Å². The molecular weight excluding hydrogens is 295 g/mol. The Morgan fingerprint density at radius 2 is 1.00 bits per heavy atom. The highest BCUT2D eigenvalue weighted by Gasteiger charge is 2.12. The number of hydrogen-bond donors (Lipinski definition) is 0. The third-order valence-corrected chi connectivity index (χ3v) is 6.98. The predicted molar refractivity (Wildman–Crippen MR) is 107 cm³/mol. The van der Waals surface area contributed by atoms with Crippen molar-refractivity contribution in [3.8, 4) is 0 Å². The Bertz CT molecular complexity index is 467. The number of benzene rings is 2. The van der Waals surface area contributed by atoms with Crippen LogP contribution in [0.3, 0.4) is 0 Å². The first kappa shape index (κ1) is 18.2. The van der Waals surface area contributed by atoms with Gasteiger partial charge in [-0.25, -0.2) is 0 Å². The molecule has 0 bridgehead atoms. The molecule has 1 heteroatoms. The molecule has 2 aromatic carbocycles. The second-order valence-corrected chi connectivity index (χ2v) is 8.63. The van der Waals surface area contributed by atoms with E-state index in [-0.39, 0.29) is 7.92 Å². The second-order valence-electron chi connectivity index (χ2n) is 6.30. The summed E-state index contributed by atoms with van der Waals surface area (Å²) in [6.07, 6.45) is 12.5. The molecule has 0 aliphatic rings. The van der Waals surface area contributed by atoms with Gasteiger partial charge in [-0.05, 0) is 31.1 Å². The zero-order valence-electron chi connectivity index (χ0n) is 14.6. The van der Waals surface area contributed by atoms with Crippen molar-refractivity contribution in [3.05, 3.63) is 60.7 Å². The molecule has 0 saturated carbocycles. The Morgan fingerprint density at radius 1 is 0.565 bits per heavy atom. The molecule has 0 radical (unpaired) electrons. The Kier molecular flexibility index (Phi) is 9.04. The molecule has 0 heterocycles. The summed E-state index contributed by atoms with van der Waals surface area (Å²) in [5, 5.41) is 3.05. The largest absolute Gasteiger partial charge is 0.0654 e. The maximum absolute atomic E-state index is 2.31. The maximum Gasteiger partial charge on any atom is -0.0195 e. The third-order valence-electron chi connectivity index (χ3n) is 4.37. The monoisotopic (exact) mass is 326 g/mol. The van der Waals surface area contributed by atoms with E-state index in [1.165, 1.54) is 68.1 Å². The minimum atomic E-state index is -0.181. The molecule has 23 heavy (non-hydrogen) atoms. The van der Waals surface area contributed by atoms with Crippen LogP contribution in [0.25, 0.3) is 0 Å². The average Bonchev–Trinajstić information content (AvgIpc) is 2.62. The van der Waals surface area contributed by atoms with Gasteiger partial charge in [0.1, 0.15) is 0 Å². The molecule has 124 valence electrons. The lowest BCUT2D eigenvalue weighted by molar-refractivity contribution is 0.586. The average molecular weight is 326 g/mol. The van der Waals surface area contributed by atoms with Crippen molar-refractivity contribution in [2.75, 3.05) is 6.16 Å². The molecule has 0 unspecified atom stereocenters. The molecule has 2 aromatic rings. The van der Waals surface area contributed by atoms with Crippen LogP contribution in [0.4, 0.5) is 0 Å². The Morgan fingerprint density at radius 3 is 1.48 bits per heavy atom. The standard InChI is InChI=1S/C22H31P/c1-2-3-4-5-6-7-8-15-20-23(21-16-11-9-12-17-21)22-18-13-10-14-19-22/h9-14,16-19H,2-8,15,20H2,1H3. The molecule has 0 aliphatic carbocycles. The molecule has 0 saturated heterocycles. The van der Waals surface area contributed by atoms with Gasteiger partial charge in [0.05, 0.1) is 0 Å². The van der Waals surface area contributed by atoms with E-state index in [9.17, 15) is 0 Å². The molecule has 0 fully saturated rings. The SMILES string of the molecule is CCCCCCCCCCP(c1ccccc1)c1ccccc1. The lowest BCUT2D eigenvalue weighted by Gasteiger charge is -2.18. The third kappa shape index (κ3) is 6.88. The summed E-state index contributed by atoms with van der Waals surface area (Å²) in [6.45, 7) is 2.29. The summed E-state index contributed by atoms with van der Waals surface area (Å²) in [4.78, 5) is 0. The van der Waals surface area contributed by atoms with Gasteiger partial charge in [0.2, 0.25) is 0 Å². The van der Waals surface area contributed by atoms with Crippen LogP contribution in [-0.4, -0.2) is 6.16 Å². The molecule has 0 atom stereocenters. The van der Waals surface area contributed by atoms with Gasteiger partial charge in [-0.2, -0.15) is 0 Å². The number of hydrogen-bond acceptors (Lipinski definition) is 0. The fourth-order valence-electron chi connectivity index (χ4n) is 3.03. The minimum Gasteiger partial charge on any atom is -0.0654 e. The Balaban J connectivity index is 1.80. The van der Waals surface area contributed by atoms with Gasteiger partial charge in [0.25, 0.3) is 0 Å².